The Morgan fingerprint density at radius 1 is 1.00 bits per heavy atom. The number of carbonyl (C=O) groups is 2. The van der Waals surface area contributed by atoms with E-state index in [1.807, 2.05) is 30.3 Å². The van der Waals surface area contributed by atoms with E-state index in [0.717, 1.165) is 6.42 Å². The van der Waals surface area contributed by atoms with E-state index in [9.17, 15) is 9.59 Å². The molecule has 0 aliphatic rings. The van der Waals surface area contributed by atoms with E-state index in [1.165, 1.54) is 12.7 Å². The Bertz CT molecular complexity index is 715. The lowest BCUT2D eigenvalue weighted by atomic mass is 10.1. The maximum atomic E-state index is 12.2. The minimum absolute atomic E-state index is 0.149. The van der Waals surface area contributed by atoms with Crippen LogP contribution in [0.15, 0.2) is 54.6 Å². The molecule has 0 saturated carbocycles. The van der Waals surface area contributed by atoms with Gasteiger partial charge in [-0.1, -0.05) is 30.3 Å². The summed E-state index contributed by atoms with van der Waals surface area (Å²) in [4.78, 5) is 24.0. The third kappa shape index (κ3) is 7.11. The lowest BCUT2D eigenvalue weighted by Crippen LogP contribution is -2.27. The smallest absolute Gasteiger partial charge is 0.347 e. The van der Waals surface area contributed by atoms with E-state index >= 15 is 0 Å². The van der Waals surface area contributed by atoms with Crippen LogP contribution in [0, 0.1) is 0 Å². The standard InChI is InChI=1S/C21H25NO5/c1-16(21(24)26-15-14-25-2)27-19-10-8-18(9-11-19)20(23)22-13-12-17-6-4-3-5-7-17/h3-11,16H,12-15H2,1-2H3,(H,22,23)/t16-/m1/s1. The van der Waals surface area contributed by atoms with Gasteiger partial charge in [-0.3, -0.25) is 4.79 Å². The molecule has 0 aromatic heterocycles. The highest BCUT2D eigenvalue weighted by molar-refractivity contribution is 5.94. The van der Waals surface area contributed by atoms with Crippen molar-refractivity contribution in [3.05, 3.63) is 65.7 Å². The molecule has 1 amide bonds. The van der Waals surface area contributed by atoms with Crippen LogP contribution in [-0.2, 0) is 20.7 Å². The van der Waals surface area contributed by atoms with Crippen molar-refractivity contribution >= 4 is 11.9 Å². The third-order valence-electron chi connectivity index (χ3n) is 3.84. The van der Waals surface area contributed by atoms with Gasteiger partial charge < -0.3 is 19.5 Å². The zero-order chi connectivity index (χ0) is 19.5. The fourth-order valence-corrected chi connectivity index (χ4v) is 2.35. The van der Waals surface area contributed by atoms with Crippen LogP contribution in [0.4, 0.5) is 0 Å². The molecule has 0 spiro atoms. The molecule has 0 aliphatic carbocycles. The van der Waals surface area contributed by atoms with Crippen LogP contribution in [0.3, 0.4) is 0 Å². The first-order chi connectivity index (χ1) is 13.1. The SMILES string of the molecule is COCCOC(=O)[C@@H](C)Oc1ccc(C(=O)NCCc2ccccc2)cc1. The van der Waals surface area contributed by atoms with Crippen molar-refractivity contribution < 1.29 is 23.8 Å². The summed E-state index contributed by atoms with van der Waals surface area (Å²) in [7, 11) is 1.53. The lowest BCUT2D eigenvalue weighted by molar-refractivity contribution is -0.152. The number of nitrogens with one attached hydrogen (secondary N) is 1. The molecule has 0 heterocycles. The number of rotatable bonds is 10. The molecule has 1 atom stereocenters. The second kappa shape index (κ2) is 11.0. The second-order valence-electron chi connectivity index (χ2n) is 5.94. The number of benzene rings is 2. The number of amides is 1. The maximum absolute atomic E-state index is 12.2. The van der Waals surface area contributed by atoms with Gasteiger partial charge in [0.2, 0.25) is 0 Å². The first-order valence-corrected chi connectivity index (χ1v) is 8.84. The van der Waals surface area contributed by atoms with E-state index in [0.29, 0.717) is 24.5 Å². The molecule has 0 aliphatic heterocycles. The predicted molar refractivity (Wildman–Crippen MR) is 102 cm³/mol. The van der Waals surface area contributed by atoms with Crippen LogP contribution in [0.2, 0.25) is 0 Å². The summed E-state index contributed by atoms with van der Waals surface area (Å²) in [5, 5.41) is 2.89. The molecule has 0 bridgehead atoms. The van der Waals surface area contributed by atoms with Crippen LogP contribution >= 0.6 is 0 Å². The van der Waals surface area contributed by atoms with Crippen LogP contribution < -0.4 is 10.1 Å². The number of hydrogen-bond acceptors (Lipinski definition) is 5. The van der Waals surface area contributed by atoms with Crippen molar-refractivity contribution in [1.29, 1.82) is 0 Å². The van der Waals surface area contributed by atoms with Crippen LogP contribution in [0.25, 0.3) is 0 Å². The first-order valence-electron chi connectivity index (χ1n) is 8.84. The zero-order valence-electron chi connectivity index (χ0n) is 15.6. The summed E-state index contributed by atoms with van der Waals surface area (Å²) in [6, 6.07) is 16.6. The number of ether oxygens (including phenoxy) is 3. The van der Waals surface area contributed by atoms with Gasteiger partial charge >= 0.3 is 5.97 Å². The van der Waals surface area contributed by atoms with Gasteiger partial charge in [0.25, 0.3) is 5.91 Å². The van der Waals surface area contributed by atoms with Crippen molar-refractivity contribution in [3.63, 3.8) is 0 Å². The monoisotopic (exact) mass is 371 g/mol. The fourth-order valence-electron chi connectivity index (χ4n) is 2.35. The van der Waals surface area contributed by atoms with Gasteiger partial charge in [-0.05, 0) is 43.2 Å². The summed E-state index contributed by atoms with van der Waals surface area (Å²) < 4.78 is 15.4. The van der Waals surface area contributed by atoms with Crippen molar-refractivity contribution in [2.75, 3.05) is 26.9 Å². The Hall–Kier alpha value is -2.86. The quantitative estimate of drug-likeness (QED) is 0.513. The molecule has 144 valence electrons. The van der Waals surface area contributed by atoms with E-state index in [1.54, 1.807) is 31.2 Å². The van der Waals surface area contributed by atoms with Gasteiger partial charge in [-0.15, -0.1) is 0 Å². The van der Waals surface area contributed by atoms with Crippen molar-refractivity contribution in [2.24, 2.45) is 0 Å². The number of carbonyl (C=O) groups excluding carboxylic acids is 2. The van der Waals surface area contributed by atoms with Gasteiger partial charge in [-0.25, -0.2) is 4.79 Å². The van der Waals surface area contributed by atoms with Crippen LogP contribution in [0.5, 0.6) is 5.75 Å². The topological polar surface area (TPSA) is 73.9 Å². The lowest BCUT2D eigenvalue weighted by Gasteiger charge is -2.14. The summed E-state index contributed by atoms with van der Waals surface area (Å²) in [6.07, 6.45) is 0.0311. The van der Waals surface area contributed by atoms with Crippen LogP contribution in [0.1, 0.15) is 22.8 Å². The van der Waals surface area contributed by atoms with Gasteiger partial charge in [0.15, 0.2) is 6.10 Å². The molecule has 2 aromatic rings. The molecule has 27 heavy (non-hydrogen) atoms. The highest BCUT2D eigenvalue weighted by Crippen LogP contribution is 2.14. The normalized spacial score (nSPS) is 11.5. The molecular weight excluding hydrogens is 346 g/mol. The Kier molecular flexibility index (Phi) is 8.32. The number of hydrogen-bond donors (Lipinski definition) is 1. The Labute approximate surface area is 159 Å². The van der Waals surface area contributed by atoms with Crippen LogP contribution in [-0.4, -0.2) is 44.8 Å². The highest BCUT2D eigenvalue weighted by Gasteiger charge is 2.16. The Balaban J connectivity index is 1.78. The average molecular weight is 371 g/mol. The number of esters is 1. The predicted octanol–water partition coefficient (Wildman–Crippen LogP) is 2.62. The van der Waals surface area contributed by atoms with E-state index in [2.05, 4.69) is 5.32 Å². The van der Waals surface area contributed by atoms with Gasteiger partial charge in [-0.2, -0.15) is 0 Å². The molecule has 1 N–H and O–H groups in total. The van der Waals surface area contributed by atoms with Crippen molar-refractivity contribution in [2.45, 2.75) is 19.4 Å². The largest absolute Gasteiger partial charge is 0.479 e. The summed E-state index contributed by atoms with van der Waals surface area (Å²) in [5.74, 6) is -0.119. The van der Waals surface area contributed by atoms with Gasteiger partial charge in [0.05, 0.1) is 6.61 Å². The molecule has 0 unspecified atom stereocenters. The van der Waals surface area contributed by atoms with Gasteiger partial charge in [0.1, 0.15) is 12.4 Å². The summed E-state index contributed by atoms with van der Waals surface area (Å²) in [6.45, 7) is 2.70. The third-order valence-corrected chi connectivity index (χ3v) is 3.84. The molecule has 6 heteroatoms. The maximum Gasteiger partial charge on any atom is 0.347 e. The molecule has 0 saturated heterocycles. The van der Waals surface area contributed by atoms with Gasteiger partial charge in [0, 0.05) is 19.2 Å². The molecule has 2 aromatic carbocycles. The van der Waals surface area contributed by atoms with E-state index < -0.39 is 12.1 Å². The summed E-state index contributed by atoms with van der Waals surface area (Å²) >= 11 is 0. The van der Waals surface area contributed by atoms with E-state index in [-0.39, 0.29) is 12.5 Å². The molecule has 0 radical (unpaired) electrons. The molecule has 2 rings (SSSR count). The Morgan fingerprint density at radius 2 is 1.70 bits per heavy atom. The molecule has 6 nitrogen and oxygen atoms in total. The Morgan fingerprint density at radius 3 is 2.37 bits per heavy atom. The highest BCUT2D eigenvalue weighted by atomic mass is 16.6. The minimum Gasteiger partial charge on any atom is -0.479 e. The fraction of sp³-hybridized carbons (Fsp3) is 0.333. The second-order valence-corrected chi connectivity index (χ2v) is 5.94. The molecular formula is C21H25NO5. The average Bonchev–Trinajstić information content (AvgIpc) is 2.69. The van der Waals surface area contributed by atoms with E-state index in [4.69, 9.17) is 14.2 Å². The molecule has 0 fully saturated rings. The number of methoxy groups -OCH3 is 1. The minimum atomic E-state index is -0.743. The zero-order valence-corrected chi connectivity index (χ0v) is 15.6. The summed E-state index contributed by atoms with van der Waals surface area (Å²) in [5.41, 5.74) is 1.71. The van der Waals surface area contributed by atoms with Crippen molar-refractivity contribution in [1.82, 2.24) is 5.32 Å². The first kappa shape index (κ1) is 20.5. The van der Waals surface area contributed by atoms with Crippen molar-refractivity contribution in [3.8, 4) is 5.75 Å².